The van der Waals surface area contributed by atoms with E-state index in [0.717, 1.165) is 63.2 Å². The molecule has 1 aliphatic rings. The highest BCUT2D eigenvalue weighted by molar-refractivity contribution is 5.79. The number of guanidine groups is 1. The normalized spacial score (nSPS) is 15.4. The van der Waals surface area contributed by atoms with Gasteiger partial charge in [-0.25, -0.2) is 14.4 Å². The molecule has 0 saturated carbocycles. The number of halogens is 1. The summed E-state index contributed by atoms with van der Waals surface area (Å²) in [6, 6.07) is 8.43. The Morgan fingerprint density at radius 2 is 1.83 bits per heavy atom. The van der Waals surface area contributed by atoms with E-state index in [9.17, 15) is 4.39 Å². The first kappa shape index (κ1) is 21.0. The second-order valence-corrected chi connectivity index (χ2v) is 7.19. The first-order chi connectivity index (χ1) is 14.2. The molecule has 1 aliphatic heterocycles. The molecule has 156 valence electrons. The molecule has 1 aromatic heterocycles. The number of aromatic nitrogens is 2. The predicted molar refractivity (Wildman–Crippen MR) is 115 cm³/mol. The molecule has 2 aromatic rings. The molecular formula is C21H30FN7. The predicted octanol–water partition coefficient (Wildman–Crippen LogP) is 1.84. The molecule has 0 radical (unpaired) electrons. The molecule has 7 nitrogen and oxygen atoms in total. The summed E-state index contributed by atoms with van der Waals surface area (Å²) in [5.74, 6) is 1.46. The van der Waals surface area contributed by atoms with Gasteiger partial charge in [-0.3, -0.25) is 9.89 Å². The van der Waals surface area contributed by atoms with E-state index in [0.29, 0.717) is 6.54 Å². The van der Waals surface area contributed by atoms with Crippen LogP contribution in [0, 0.1) is 5.82 Å². The Kier molecular flexibility index (Phi) is 7.75. The first-order valence-corrected chi connectivity index (χ1v) is 10.1. The molecular weight excluding hydrogens is 369 g/mol. The molecule has 1 aromatic carbocycles. The quantitative estimate of drug-likeness (QED) is 0.436. The number of benzene rings is 1. The molecule has 2 heterocycles. The molecule has 3 rings (SSSR count). The fraction of sp³-hybridized carbons (Fsp3) is 0.476. The summed E-state index contributed by atoms with van der Waals surface area (Å²) in [6.45, 7) is 6.56. The third kappa shape index (κ3) is 6.39. The SMILES string of the molecule is CN=C(NCCCN1CCN(c2ncccn2)CC1)N(C)Cc1ccc(F)cc1. The van der Waals surface area contributed by atoms with Crippen LogP contribution in [0.5, 0.6) is 0 Å². The van der Waals surface area contributed by atoms with Crippen LogP contribution < -0.4 is 10.2 Å². The van der Waals surface area contributed by atoms with Crippen molar-refractivity contribution in [3.63, 3.8) is 0 Å². The van der Waals surface area contributed by atoms with Crippen LogP contribution in [-0.4, -0.2) is 79.1 Å². The zero-order valence-electron chi connectivity index (χ0n) is 17.3. The topological polar surface area (TPSA) is 59.9 Å². The van der Waals surface area contributed by atoms with Gasteiger partial charge in [-0.05, 0) is 36.7 Å². The van der Waals surface area contributed by atoms with Gasteiger partial charge in [-0.2, -0.15) is 0 Å². The van der Waals surface area contributed by atoms with Gasteiger partial charge in [0.2, 0.25) is 5.95 Å². The second kappa shape index (κ2) is 10.7. The Morgan fingerprint density at radius 3 is 2.48 bits per heavy atom. The van der Waals surface area contributed by atoms with Gasteiger partial charge in [0.25, 0.3) is 0 Å². The molecule has 0 bridgehead atoms. The molecule has 8 heteroatoms. The number of nitrogens with one attached hydrogen (secondary N) is 1. The molecule has 0 unspecified atom stereocenters. The second-order valence-electron chi connectivity index (χ2n) is 7.19. The largest absolute Gasteiger partial charge is 0.356 e. The third-order valence-electron chi connectivity index (χ3n) is 5.05. The molecule has 0 spiro atoms. The van der Waals surface area contributed by atoms with Crippen LogP contribution in [0.15, 0.2) is 47.7 Å². The summed E-state index contributed by atoms with van der Waals surface area (Å²) in [7, 11) is 3.78. The minimum Gasteiger partial charge on any atom is -0.356 e. The minimum absolute atomic E-state index is 0.212. The average Bonchev–Trinajstić information content (AvgIpc) is 2.76. The standard InChI is InChI=1S/C21H30FN7/c1-23-20(27(2)17-18-5-7-19(22)8-6-18)24-11-4-12-28-13-15-29(16-14-28)21-25-9-3-10-26-21/h3,5-10H,4,11-17H2,1-2H3,(H,23,24). The van der Waals surface area contributed by atoms with Gasteiger partial charge in [-0.1, -0.05) is 12.1 Å². The van der Waals surface area contributed by atoms with E-state index in [4.69, 9.17) is 0 Å². The van der Waals surface area contributed by atoms with Crippen molar-refractivity contribution in [3.8, 4) is 0 Å². The average molecular weight is 400 g/mol. The number of hydrogen-bond acceptors (Lipinski definition) is 5. The van der Waals surface area contributed by atoms with Gasteiger partial charge in [0, 0.05) is 65.8 Å². The van der Waals surface area contributed by atoms with E-state index in [1.807, 2.05) is 18.0 Å². The Hall–Kier alpha value is -2.74. The molecule has 0 aliphatic carbocycles. The molecule has 1 saturated heterocycles. The first-order valence-electron chi connectivity index (χ1n) is 10.1. The van der Waals surface area contributed by atoms with E-state index in [1.54, 1.807) is 31.6 Å². The lowest BCUT2D eigenvalue weighted by atomic mass is 10.2. The van der Waals surface area contributed by atoms with Crippen molar-refractivity contribution in [1.82, 2.24) is 25.1 Å². The minimum atomic E-state index is -0.212. The van der Waals surface area contributed by atoms with Crippen LogP contribution in [-0.2, 0) is 6.54 Å². The summed E-state index contributed by atoms with van der Waals surface area (Å²) in [6.07, 6.45) is 4.63. The number of hydrogen-bond donors (Lipinski definition) is 1. The van der Waals surface area contributed by atoms with Crippen molar-refractivity contribution in [2.24, 2.45) is 4.99 Å². The monoisotopic (exact) mass is 399 g/mol. The van der Waals surface area contributed by atoms with Crippen molar-refractivity contribution in [3.05, 3.63) is 54.1 Å². The number of aliphatic imine (C=N–C) groups is 1. The fourth-order valence-electron chi connectivity index (χ4n) is 3.45. The number of anilines is 1. The zero-order valence-corrected chi connectivity index (χ0v) is 17.3. The van der Waals surface area contributed by atoms with E-state index in [1.165, 1.54) is 12.1 Å². The van der Waals surface area contributed by atoms with Crippen LogP contribution in [0.1, 0.15) is 12.0 Å². The number of nitrogens with zero attached hydrogens (tertiary/aromatic N) is 6. The van der Waals surface area contributed by atoms with Crippen molar-refractivity contribution in [1.29, 1.82) is 0 Å². The Bertz CT molecular complexity index is 758. The molecule has 29 heavy (non-hydrogen) atoms. The maximum Gasteiger partial charge on any atom is 0.225 e. The zero-order chi connectivity index (χ0) is 20.5. The van der Waals surface area contributed by atoms with Gasteiger partial charge in [0.1, 0.15) is 5.82 Å². The Balaban J connectivity index is 1.34. The van der Waals surface area contributed by atoms with E-state index >= 15 is 0 Å². The number of piperazine rings is 1. The Morgan fingerprint density at radius 1 is 1.14 bits per heavy atom. The van der Waals surface area contributed by atoms with Crippen LogP contribution >= 0.6 is 0 Å². The van der Waals surface area contributed by atoms with Gasteiger partial charge in [0.15, 0.2) is 5.96 Å². The summed E-state index contributed by atoms with van der Waals surface area (Å²) in [5.41, 5.74) is 1.05. The third-order valence-corrected chi connectivity index (χ3v) is 5.05. The van der Waals surface area contributed by atoms with Crippen LogP contribution in [0.4, 0.5) is 10.3 Å². The van der Waals surface area contributed by atoms with Crippen molar-refractivity contribution < 1.29 is 4.39 Å². The summed E-state index contributed by atoms with van der Waals surface area (Å²) in [4.78, 5) is 19.8. The highest BCUT2D eigenvalue weighted by Crippen LogP contribution is 2.10. The van der Waals surface area contributed by atoms with Crippen LogP contribution in [0.3, 0.4) is 0 Å². The van der Waals surface area contributed by atoms with Crippen LogP contribution in [0.25, 0.3) is 0 Å². The number of rotatable bonds is 7. The summed E-state index contributed by atoms with van der Waals surface area (Å²) >= 11 is 0. The highest BCUT2D eigenvalue weighted by Gasteiger charge is 2.18. The van der Waals surface area contributed by atoms with E-state index in [2.05, 4.69) is 30.1 Å². The molecule has 1 N–H and O–H groups in total. The Labute approximate surface area is 172 Å². The van der Waals surface area contributed by atoms with Gasteiger partial charge >= 0.3 is 0 Å². The fourth-order valence-corrected chi connectivity index (χ4v) is 3.45. The van der Waals surface area contributed by atoms with Crippen molar-refractivity contribution in [2.45, 2.75) is 13.0 Å². The lowest BCUT2D eigenvalue weighted by Gasteiger charge is -2.34. The van der Waals surface area contributed by atoms with Crippen LogP contribution in [0.2, 0.25) is 0 Å². The maximum atomic E-state index is 13.1. The van der Waals surface area contributed by atoms with Gasteiger partial charge < -0.3 is 15.1 Å². The highest BCUT2D eigenvalue weighted by atomic mass is 19.1. The molecule has 0 amide bonds. The smallest absolute Gasteiger partial charge is 0.225 e. The lowest BCUT2D eigenvalue weighted by Crippen LogP contribution is -2.47. The van der Waals surface area contributed by atoms with Crippen molar-refractivity contribution >= 4 is 11.9 Å². The van der Waals surface area contributed by atoms with E-state index in [-0.39, 0.29) is 5.82 Å². The molecule has 0 atom stereocenters. The summed E-state index contributed by atoms with van der Waals surface area (Å²) in [5, 5.41) is 3.42. The van der Waals surface area contributed by atoms with Crippen molar-refractivity contribution in [2.75, 3.05) is 58.3 Å². The van der Waals surface area contributed by atoms with E-state index < -0.39 is 0 Å². The summed E-state index contributed by atoms with van der Waals surface area (Å²) < 4.78 is 13.1. The lowest BCUT2D eigenvalue weighted by molar-refractivity contribution is 0.254. The van der Waals surface area contributed by atoms with Gasteiger partial charge in [-0.15, -0.1) is 0 Å². The van der Waals surface area contributed by atoms with Gasteiger partial charge in [0.05, 0.1) is 0 Å². The maximum absolute atomic E-state index is 13.1. The molecule has 1 fully saturated rings.